The fraction of sp³-hybridized carbons (Fsp3) is 0.411. The van der Waals surface area contributed by atoms with Crippen molar-refractivity contribution < 1.29 is 71.8 Å². The Morgan fingerprint density at radius 2 is 1.42 bits per heavy atom. The average molecular weight is 999 g/mol. The van der Waals surface area contributed by atoms with Crippen molar-refractivity contribution >= 4 is 47.4 Å². The van der Waals surface area contributed by atoms with Crippen molar-refractivity contribution in [3.05, 3.63) is 149 Å². The lowest BCUT2D eigenvalue weighted by atomic mass is 9.46. The van der Waals surface area contributed by atoms with Gasteiger partial charge in [0.1, 0.15) is 30.5 Å². The standard InChI is InChI=1S/C56H58N2O15/c1-31-39(70-49(65)45(71-51(66)67-28-34-22-24-38(57)25-23-34)43(35-16-10-7-11-17-35)58-47(63)36-18-12-8-13-19-36)27-54-29-56(54,73-48(64)37-20-14-9-15-21-37)50-53(6,40(61)26-41-55(50,30-68-41)72-33(3)60)46(62)44(69-32(2)59)42(31)52(54,4)5/h7-25,39-41,43-45,50,61H,26-30,57H2,1-6H3,(H,58,63). The lowest BCUT2D eigenvalue weighted by molar-refractivity contribution is -0.338. The van der Waals surface area contributed by atoms with E-state index in [1.54, 1.807) is 122 Å². The van der Waals surface area contributed by atoms with Crippen LogP contribution in [0.2, 0.25) is 0 Å². The van der Waals surface area contributed by atoms with Crippen LogP contribution in [-0.2, 0) is 58.9 Å². The molecular formula is C56H58N2O15. The molecular weight excluding hydrogens is 941 g/mol. The highest BCUT2D eigenvalue weighted by Crippen LogP contribution is 2.82. The Morgan fingerprint density at radius 3 is 2.01 bits per heavy atom. The molecule has 1 aliphatic heterocycles. The number of nitrogen functional groups attached to an aromatic ring is 1. The number of hydrogen-bond acceptors (Lipinski definition) is 16. The van der Waals surface area contributed by atoms with Crippen LogP contribution >= 0.6 is 0 Å². The summed E-state index contributed by atoms with van der Waals surface area (Å²) < 4.78 is 43.2. The maximum Gasteiger partial charge on any atom is 0.509 e. The Kier molecular flexibility index (Phi) is 13.1. The normalized spacial score (nSPS) is 30.1. The molecule has 11 atom stereocenters. The molecule has 73 heavy (non-hydrogen) atoms. The zero-order valence-corrected chi connectivity index (χ0v) is 41.3. The number of hydrogen-bond donors (Lipinski definition) is 3. The number of nitrogens with one attached hydrogen (secondary N) is 1. The van der Waals surface area contributed by atoms with Gasteiger partial charge in [-0.1, -0.05) is 92.7 Å². The van der Waals surface area contributed by atoms with E-state index < -0.39 is 112 Å². The SMILES string of the molecule is CC(=O)OC1C(=O)C2(C)C(O)CC3OCC3(OC(C)=O)C2C2(OC(=O)c3ccccc3)CC23CC(OC(=O)C(OC(=O)OCc2ccc(N)cc2)C(NC(=O)c2ccccc2)c2ccccc2)C(C)=C1C3(C)C. The molecule has 17 heteroatoms. The summed E-state index contributed by atoms with van der Waals surface area (Å²) in [6.45, 7) is 8.67. The smallest absolute Gasteiger partial charge is 0.455 e. The number of esters is 4. The third-order valence-electron chi connectivity index (χ3n) is 16.1. The van der Waals surface area contributed by atoms with Crippen molar-refractivity contribution in [2.45, 2.75) is 115 Å². The molecule has 4 fully saturated rings. The number of carbonyl (C=O) groups excluding carboxylic acids is 7. The number of fused-ring (bicyclic) bond motifs is 5. The summed E-state index contributed by atoms with van der Waals surface area (Å²) in [5.41, 5.74) is 0.249. The van der Waals surface area contributed by atoms with E-state index in [2.05, 4.69) is 5.32 Å². The predicted molar refractivity (Wildman–Crippen MR) is 259 cm³/mol. The monoisotopic (exact) mass is 998 g/mol. The zero-order chi connectivity index (χ0) is 52.3. The summed E-state index contributed by atoms with van der Waals surface area (Å²) in [7, 11) is 0. The molecule has 5 aliphatic rings. The number of amides is 1. The third-order valence-corrected chi connectivity index (χ3v) is 16.1. The first kappa shape index (κ1) is 50.6. The molecule has 17 nitrogen and oxygen atoms in total. The molecule has 1 amide bonds. The molecule has 4 aromatic rings. The lowest BCUT2D eigenvalue weighted by Crippen LogP contribution is -2.79. The van der Waals surface area contributed by atoms with Crippen LogP contribution < -0.4 is 11.1 Å². The Labute approximate surface area is 421 Å². The average Bonchev–Trinajstić information content (AvgIpc) is 4.02. The van der Waals surface area contributed by atoms with E-state index >= 15 is 9.59 Å². The number of benzene rings is 4. The van der Waals surface area contributed by atoms with Crippen molar-refractivity contribution in [3.63, 3.8) is 0 Å². The molecule has 11 unspecified atom stereocenters. The fourth-order valence-corrected chi connectivity index (χ4v) is 12.6. The number of carbonyl (C=O) groups is 7. The number of aliphatic hydroxyl groups excluding tert-OH is 1. The van der Waals surface area contributed by atoms with Gasteiger partial charge in [0.25, 0.3) is 5.91 Å². The molecule has 3 saturated carbocycles. The predicted octanol–water partition coefficient (Wildman–Crippen LogP) is 6.71. The molecule has 382 valence electrons. The summed E-state index contributed by atoms with van der Waals surface area (Å²) in [4.78, 5) is 100. The van der Waals surface area contributed by atoms with E-state index in [1.165, 1.54) is 13.8 Å². The molecule has 0 aromatic heterocycles. The molecule has 2 bridgehead atoms. The quantitative estimate of drug-likeness (QED) is 0.0546. The molecule has 9 rings (SSSR count). The first-order valence-electron chi connectivity index (χ1n) is 24.2. The Hall–Kier alpha value is -7.37. The minimum atomic E-state index is -1.94. The van der Waals surface area contributed by atoms with E-state index in [4.69, 9.17) is 38.9 Å². The number of ether oxygens (including phenoxy) is 7. The Bertz CT molecular complexity index is 2870. The van der Waals surface area contributed by atoms with Gasteiger partial charge in [-0.2, -0.15) is 0 Å². The molecule has 4 aliphatic carbocycles. The van der Waals surface area contributed by atoms with E-state index in [-0.39, 0.29) is 49.2 Å². The summed E-state index contributed by atoms with van der Waals surface area (Å²) in [5.74, 6) is -6.18. The first-order chi connectivity index (χ1) is 34.7. The van der Waals surface area contributed by atoms with Crippen molar-refractivity contribution in [2.24, 2.45) is 22.2 Å². The minimum Gasteiger partial charge on any atom is -0.455 e. The van der Waals surface area contributed by atoms with E-state index in [1.807, 2.05) is 13.8 Å². The van der Waals surface area contributed by atoms with Gasteiger partial charge in [0.2, 0.25) is 6.10 Å². The summed E-state index contributed by atoms with van der Waals surface area (Å²) in [5, 5.41) is 15.2. The van der Waals surface area contributed by atoms with Crippen LogP contribution in [-0.4, -0.2) is 95.2 Å². The zero-order valence-electron chi connectivity index (χ0n) is 41.3. The van der Waals surface area contributed by atoms with Crippen LogP contribution in [0, 0.1) is 22.2 Å². The lowest BCUT2D eigenvalue weighted by Gasteiger charge is -2.65. The van der Waals surface area contributed by atoms with Gasteiger partial charge in [-0.15, -0.1) is 0 Å². The van der Waals surface area contributed by atoms with Crippen LogP contribution in [0.25, 0.3) is 0 Å². The highest BCUT2D eigenvalue weighted by atomic mass is 16.7. The van der Waals surface area contributed by atoms with Crippen LogP contribution in [0.3, 0.4) is 0 Å². The van der Waals surface area contributed by atoms with Crippen molar-refractivity contribution in [3.8, 4) is 0 Å². The summed E-state index contributed by atoms with van der Waals surface area (Å²) in [6.07, 6.45) is -8.97. The second-order valence-electron chi connectivity index (χ2n) is 20.5. The Balaban J connectivity index is 1.19. The van der Waals surface area contributed by atoms with Crippen LogP contribution in [0.15, 0.2) is 126 Å². The fourth-order valence-electron chi connectivity index (χ4n) is 12.6. The van der Waals surface area contributed by atoms with Gasteiger partial charge in [0, 0.05) is 36.9 Å². The molecule has 4 N–H and O–H groups in total. The Morgan fingerprint density at radius 1 is 0.808 bits per heavy atom. The first-order valence-corrected chi connectivity index (χ1v) is 24.2. The third kappa shape index (κ3) is 8.51. The van der Waals surface area contributed by atoms with Crippen molar-refractivity contribution in [1.29, 1.82) is 0 Å². The van der Waals surface area contributed by atoms with Crippen LogP contribution in [0.1, 0.15) is 98.7 Å². The number of anilines is 1. The molecule has 4 aromatic carbocycles. The summed E-state index contributed by atoms with van der Waals surface area (Å²) >= 11 is 0. The minimum absolute atomic E-state index is 0.0175. The molecule has 1 saturated heterocycles. The molecule has 1 spiro atoms. The summed E-state index contributed by atoms with van der Waals surface area (Å²) in [6, 6.07) is 29.9. The highest BCUT2D eigenvalue weighted by Gasteiger charge is 2.90. The largest absolute Gasteiger partial charge is 0.509 e. The van der Waals surface area contributed by atoms with Crippen LogP contribution in [0.5, 0.6) is 0 Å². The number of nitrogens with two attached hydrogens (primary N) is 1. The van der Waals surface area contributed by atoms with Gasteiger partial charge >= 0.3 is 30.0 Å². The van der Waals surface area contributed by atoms with Gasteiger partial charge in [0.05, 0.1) is 29.6 Å². The van der Waals surface area contributed by atoms with Gasteiger partial charge in [0.15, 0.2) is 17.5 Å². The number of ketones is 1. The number of aliphatic hydroxyl groups is 1. The van der Waals surface area contributed by atoms with Gasteiger partial charge < -0.3 is 49.3 Å². The number of rotatable bonds is 13. The second-order valence-corrected chi connectivity index (χ2v) is 20.5. The molecule has 1 heterocycles. The number of Topliss-reactive ketones (excluding diaryl/α,β-unsaturated/α-hetero) is 1. The van der Waals surface area contributed by atoms with Gasteiger partial charge in [-0.05, 0) is 90.8 Å². The maximum absolute atomic E-state index is 15.9. The maximum atomic E-state index is 15.9. The van der Waals surface area contributed by atoms with Crippen LogP contribution in [0.4, 0.5) is 10.5 Å². The topological polar surface area (TPSA) is 242 Å². The molecule has 0 radical (unpaired) electrons. The van der Waals surface area contributed by atoms with Gasteiger partial charge in [-0.25, -0.2) is 14.4 Å². The van der Waals surface area contributed by atoms with E-state index in [0.717, 1.165) is 6.92 Å². The van der Waals surface area contributed by atoms with Crippen molar-refractivity contribution in [1.82, 2.24) is 5.32 Å². The van der Waals surface area contributed by atoms with E-state index in [9.17, 15) is 29.1 Å². The van der Waals surface area contributed by atoms with Crippen molar-refractivity contribution in [2.75, 3.05) is 12.3 Å². The van der Waals surface area contributed by atoms with Gasteiger partial charge in [-0.3, -0.25) is 19.2 Å². The van der Waals surface area contributed by atoms with E-state index in [0.29, 0.717) is 22.4 Å². The highest BCUT2D eigenvalue weighted by molar-refractivity contribution is 5.97. The second kappa shape index (κ2) is 18.9.